The lowest BCUT2D eigenvalue weighted by atomic mass is 9.98. The summed E-state index contributed by atoms with van der Waals surface area (Å²) < 4.78 is 0. The van der Waals surface area contributed by atoms with Crippen LogP contribution in [0.2, 0.25) is 0 Å². The first kappa shape index (κ1) is 18.4. The molecule has 6 heteroatoms. The largest absolute Gasteiger partial charge is 0.340 e. The van der Waals surface area contributed by atoms with Crippen molar-refractivity contribution in [1.82, 2.24) is 14.7 Å². The Morgan fingerprint density at radius 1 is 1.27 bits per heavy atom. The summed E-state index contributed by atoms with van der Waals surface area (Å²) in [6, 6.07) is 5.07. The Labute approximate surface area is 133 Å². The van der Waals surface area contributed by atoms with E-state index in [9.17, 15) is 4.79 Å². The Balaban J connectivity index is 2.52. The molecule has 1 fully saturated rings. The fourth-order valence-corrected chi connectivity index (χ4v) is 2.84. The van der Waals surface area contributed by atoms with Crippen molar-refractivity contribution in [2.24, 2.45) is 0 Å². The van der Waals surface area contributed by atoms with E-state index in [1.165, 1.54) is 0 Å². The van der Waals surface area contributed by atoms with Crippen molar-refractivity contribution in [3.05, 3.63) is 0 Å². The predicted octanol–water partition coefficient (Wildman–Crippen LogP) is 1.06. The van der Waals surface area contributed by atoms with E-state index in [4.69, 9.17) is 10.5 Å². The monoisotopic (exact) mass is 305 g/mol. The Hall–Kier alpha value is -1.63. The average Bonchev–Trinajstić information content (AvgIpc) is 2.49. The lowest BCUT2D eigenvalue weighted by Crippen LogP contribution is -2.49. The normalized spacial score (nSPS) is 22.1. The first-order valence-electron chi connectivity index (χ1n) is 7.91. The fourth-order valence-electron chi connectivity index (χ4n) is 2.84. The second-order valence-corrected chi connectivity index (χ2v) is 6.12. The molecule has 0 radical (unpaired) electrons. The molecule has 1 aliphatic heterocycles. The molecule has 0 aromatic heterocycles. The molecule has 1 amide bonds. The summed E-state index contributed by atoms with van der Waals surface area (Å²) in [4.78, 5) is 18.5. The molecular weight excluding hydrogens is 278 g/mol. The molecule has 0 unspecified atom stereocenters. The molecule has 0 bridgehead atoms. The predicted molar refractivity (Wildman–Crippen MR) is 84.8 cm³/mol. The fraction of sp³-hybridized carbons (Fsp3) is 0.812. The van der Waals surface area contributed by atoms with Crippen molar-refractivity contribution in [3.63, 3.8) is 0 Å². The van der Waals surface area contributed by atoms with Crippen LogP contribution in [0.3, 0.4) is 0 Å². The second kappa shape index (κ2) is 9.40. The van der Waals surface area contributed by atoms with Gasteiger partial charge in [-0.05, 0) is 40.4 Å². The molecule has 22 heavy (non-hydrogen) atoms. The van der Waals surface area contributed by atoms with Crippen molar-refractivity contribution in [1.29, 1.82) is 10.5 Å². The third-order valence-corrected chi connectivity index (χ3v) is 4.53. The average molecular weight is 305 g/mol. The van der Waals surface area contributed by atoms with Crippen molar-refractivity contribution in [2.45, 2.75) is 44.7 Å². The molecule has 0 aromatic rings. The summed E-state index contributed by atoms with van der Waals surface area (Å²) in [7, 11) is 4.13. The number of carbonyl (C=O) groups excluding carboxylic acids is 1. The van der Waals surface area contributed by atoms with Gasteiger partial charge in [0, 0.05) is 25.2 Å². The van der Waals surface area contributed by atoms with Crippen LogP contribution in [0.25, 0.3) is 0 Å². The van der Waals surface area contributed by atoms with Crippen molar-refractivity contribution >= 4 is 5.91 Å². The molecule has 0 spiro atoms. The summed E-state index contributed by atoms with van der Waals surface area (Å²) in [5, 5.41) is 17.4. The molecule has 0 saturated carbocycles. The van der Waals surface area contributed by atoms with Gasteiger partial charge in [0.05, 0.1) is 31.5 Å². The van der Waals surface area contributed by atoms with E-state index in [0.717, 1.165) is 19.4 Å². The number of rotatable bonds is 7. The third kappa shape index (κ3) is 5.63. The van der Waals surface area contributed by atoms with Crippen LogP contribution in [0.5, 0.6) is 0 Å². The molecule has 1 aliphatic rings. The van der Waals surface area contributed by atoms with E-state index in [2.05, 4.69) is 35.9 Å². The second-order valence-electron chi connectivity index (χ2n) is 6.12. The number of hydrogen-bond acceptors (Lipinski definition) is 5. The molecule has 0 aromatic carbocycles. The van der Waals surface area contributed by atoms with Crippen LogP contribution in [0.15, 0.2) is 0 Å². The smallest absolute Gasteiger partial charge is 0.236 e. The van der Waals surface area contributed by atoms with E-state index in [-0.39, 0.29) is 5.91 Å². The standard InChI is InChI=1S/C16H27N5O/c1-14-12-15(6-11-19(14)2)20(3)13-16(22)21(9-4-7-17)10-5-8-18/h14-15H,4-6,9-13H2,1-3H3/t14-,15-/m1/s1. The maximum absolute atomic E-state index is 12.4. The van der Waals surface area contributed by atoms with Crippen LogP contribution in [0.1, 0.15) is 32.6 Å². The van der Waals surface area contributed by atoms with Crippen molar-refractivity contribution in [2.75, 3.05) is 40.3 Å². The summed E-state index contributed by atoms with van der Waals surface area (Å²) in [6.45, 7) is 4.45. The number of carbonyl (C=O) groups is 1. The molecule has 0 aliphatic carbocycles. The van der Waals surface area contributed by atoms with E-state index in [1.54, 1.807) is 4.90 Å². The molecule has 1 rings (SSSR count). The number of amides is 1. The van der Waals surface area contributed by atoms with Gasteiger partial charge in [-0.1, -0.05) is 0 Å². The molecule has 0 N–H and O–H groups in total. The lowest BCUT2D eigenvalue weighted by Gasteiger charge is -2.39. The van der Waals surface area contributed by atoms with Gasteiger partial charge in [0.25, 0.3) is 0 Å². The Morgan fingerprint density at radius 2 is 1.86 bits per heavy atom. The van der Waals surface area contributed by atoms with Crippen LogP contribution >= 0.6 is 0 Å². The van der Waals surface area contributed by atoms with Crippen molar-refractivity contribution in [3.8, 4) is 12.1 Å². The van der Waals surface area contributed by atoms with Gasteiger partial charge >= 0.3 is 0 Å². The van der Waals surface area contributed by atoms with Crippen LogP contribution in [-0.4, -0.2) is 73.0 Å². The first-order chi connectivity index (χ1) is 10.5. The van der Waals surface area contributed by atoms with Crippen LogP contribution in [0.4, 0.5) is 0 Å². The van der Waals surface area contributed by atoms with Crippen LogP contribution < -0.4 is 0 Å². The number of piperidine rings is 1. The Kier molecular flexibility index (Phi) is 7.87. The highest BCUT2D eigenvalue weighted by Crippen LogP contribution is 2.19. The molecule has 1 saturated heterocycles. The van der Waals surface area contributed by atoms with Gasteiger partial charge < -0.3 is 9.80 Å². The molecular formula is C16H27N5O. The van der Waals surface area contributed by atoms with Gasteiger partial charge in [-0.2, -0.15) is 10.5 Å². The molecule has 6 nitrogen and oxygen atoms in total. The van der Waals surface area contributed by atoms with Gasteiger partial charge in [-0.25, -0.2) is 0 Å². The minimum Gasteiger partial charge on any atom is -0.340 e. The molecule has 2 atom stereocenters. The number of likely N-dealkylation sites (N-methyl/N-ethyl adjacent to an activating group) is 1. The van der Waals surface area contributed by atoms with Gasteiger partial charge in [0.2, 0.25) is 5.91 Å². The maximum Gasteiger partial charge on any atom is 0.236 e. The molecule has 1 heterocycles. The van der Waals surface area contributed by atoms with Crippen LogP contribution in [0, 0.1) is 22.7 Å². The summed E-state index contributed by atoms with van der Waals surface area (Å²) in [5.41, 5.74) is 0. The Bertz CT molecular complexity index is 421. The van der Waals surface area contributed by atoms with Gasteiger partial charge in [-0.3, -0.25) is 9.69 Å². The zero-order chi connectivity index (χ0) is 16.5. The zero-order valence-electron chi connectivity index (χ0n) is 14.0. The number of nitriles is 2. The van der Waals surface area contributed by atoms with E-state index in [1.807, 2.05) is 7.05 Å². The maximum atomic E-state index is 12.4. The first-order valence-corrected chi connectivity index (χ1v) is 7.91. The van der Waals surface area contributed by atoms with Gasteiger partial charge in [-0.15, -0.1) is 0 Å². The highest BCUT2D eigenvalue weighted by Gasteiger charge is 2.27. The van der Waals surface area contributed by atoms with Gasteiger partial charge in [0.15, 0.2) is 0 Å². The number of hydrogen-bond donors (Lipinski definition) is 0. The minimum absolute atomic E-state index is 0.0135. The minimum atomic E-state index is 0.0135. The third-order valence-electron chi connectivity index (χ3n) is 4.53. The molecule has 122 valence electrons. The van der Waals surface area contributed by atoms with Crippen LogP contribution in [-0.2, 0) is 4.79 Å². The zero-order valence-corrected chi connectivity index (χ0v) is 14.0. The summed E-state index contributed by atoms with van der Waals surface area (Å²) in [5.74, 6) is 0.0135. The van der Waals surface area contributed by atoms with Gasteiger partial charge in [0.1, 0.15) is 0 Å². The Morgan fingerprint density at radius 3 is 2.36 bits per heavy atom. The van der Waals surface area contributed by atoms with E-state index >= 15 is 0 Å². The quantitative estimate of drug-likeness (QED) is 0.703. The topological polar surface area (TPSA) is 74.4 Å². The summed E-state index contributed by atoms with van der Waals surface area (Å²) >= 11 is 0. The van der Waals surface area contributed by atoms with Crippen molar-refractivity contribution < 1.29 is 4.79 Å². The highest BCUT2D eigenvalue weighted by molar-refractivity contribution is 5.78. The summed E-state index contributed by atoms with van der Waals surface area (Å²) in [6.07, 6.45) is 2.76. The highest BCUT2D eigenvalue weighted by atomic mass is 16.2. The lowest BCUT2D eigenvalue weighted by molar-refractivity contribution is -0.132. The number of likely N-dealkylation sites (tertiary alicyclic amines) is 1. The SMILES string of the molecule is C[C@@H]1C[C@H](N(C)CC(=O)N(CCC#N)CCC#N)CCN1C. The van der Waals surface area contributed by atoms with E-state index in [0.29, 0.717) is 44.6 Å². The van der Waals surface area contributed by atoms with E-state index < -0.39 is 0 Å². The number of nitrogens with zero attached hydrogens (tertiary/aromatic N) is 5.